The van der Waals surface area contributed by atoms with Crippen molar-refractivity contribution in [3.05, 3.63) is 18.7 Å². The second kappa shape index (κ2) is 3.94. The Labute approximate surface area is 127 Å². The van der Waals surface area contributed by atoms with Crippen LogP contribution in [-0.4, -0.2) is 14.4 Å². The molecule has 20 heavy (non-hydrogen) atoms. The maximum Gasteiger partial charge on any atom is 0.0946 e. The van der Waals surface area contributed by atoms with E-state index in [1.807, 2.05) is 12.5 Å². The van der Waals surface area contributed by atoms with Crippen molar-refractivity contribution in [2.24, 2.45) is 22.2 Å². The van der Waals surface area contributed by atoms with Crippen LogP contribution in [0.4, 0.5) is 0 Å². The minimum atomic E-state index is 0.220. The van der Waals surface area contributed by atoms with Gasteiger partial charge >= 0.3 is 0 Å². The molecule has 0 aromatic carbocycles. The Morgan fingerprint density at radius 2 is 2.05 bits per heavy atom. The smallest absolute Gasteiger partial charge is 0.0946 e. The fourth-order valence-corrected chi connectivity index (χ4v) is 6.82. The third-order valence-electron chi connectivity index (χ3n) is 7.03. The number of nitrogens with zero attached hydrogens (tertiary/aromatic N) is 2. The summed E-state index contributed by atoms with van der Waals surface area (Å²) < 4.78 is 2.25. The molecule has 0 N–H and O–H groups in total. The molecule has 3 saturated carbocycles. The fraction of sp³-hybridized carbons (Fsp3) is 0.765. The molecule has 1 heterocycles. The third kappa shape index (κ3) is 1.31. The van der Waals surface area contributed by atoms with Crippen molar-refractivity contribution in [3.8, 4) is 0 Å². The highest BCUT2D eigenvalue weighted by atomic mass is 32.1. The lowest BCUT2D eigenvalue weighted by Crippen LogP contribution is -2.42. The number of fused-ring (bicyclic) bond motifs is 3. The Hall–Kier alpha value is -0.700. The van der Waals surface area contributed by atoms with E-state index < -0.39 is 0 Å². The molecule has 108 valence electrons. The second-order valence-corrected chi connectivity index (χ2v) is 8.23. The van der Waals surface area contributed by atoms with Crippen LogP contribution < -0.4 is 0 Å². The quantitative estimate of drug-likeness (QED) is 0.757. The van der Waals surface area contributed by atoms with Crippen LogP contribution >= 0.6 is 12.2 Å². The summed E-state index contributed by atoms with van der Waals surface area (Å²) in [7, 11) is 0. The predicted molar refractivity (Wildman–Crippen MR) is 84.7 cm³/mol. The molecule has 1 aromatic heterocycles. The fourth-order valence-electron chi connectivity index (χ4n) is 6.04. The maximum atomic E-state index is 6.14. The van der Waals surface area contributed by atoms with Crippen LogP contribution in [0.1, 0.15) is 52.4 Å². The van der Waals surface area contributed by atoms with Crippen molar-refractivity contribution >= 4 is 17.1 Å². The number of thiocarbonyl (C=S) groups is 1. The van der Waals surface area contributed by atoms with E-state index in [0.29, 0.717) is 10.8 Å². The van der Waals surface area contributed by atoms with Gasteiger partial charge in [-0.25, -0.2) is 4.98 Å². The molecular weight excluding hydrogens is 264 g/mol. The van der Waals surface area contributed by atoms with Crippen molar-refractivity contribution < 1.29 is 0 Å². The van der Waals surface area contributed by atoms with Crippen molar-refractivity contribution in [2.45, 2.75) is 58.9 Å². The zero-order valence-corrected chi connectivity index (χ0v) is 13.4. The van der Waals surface area contributed by atoms with Gasteiger partial charge in [0.1, 0.15) is 0 Å². The first-order chi connectivity index (χ1) is 9.53. The van der Waals surface area contributed by atoms with Gasteiger partial charge in [0.25, 0.3) is 0 Å². The van der Waals surface area contributed by atoms with Crippen LogP contribution in [0.3, 0.4) is 0 Å². The summed E-state index contributed by atoms with van der Waals surface area (Å²) >= 11 is 6.14. The number of aromatic nitrogens is 2. The molecule has 3 aliphatic rings. The number of hydrogen-bond donors (Lipinski definition) is 0. The summed E-state index contributed by atoms with van der Waals surface area (Å²) in [5, 5.41) is 0. The lowest BCUT2D eigenvalue weighted by Gasteiger charge is -2.40. The normalized spacial score (nSPS) is 37.1. The monoisotopic (exact) mass is 288 g/mol. The van der Waals surface area contributed by atoms with Crippen molar-refractivity contribution in [1.29, 1.82) is 0 Å². The summed E-state index contributed by atoms with van der Waals surface area (Å²) in [5.74, 6) is 0.813. The summed E-state index contributed by atoms with van der Waals surface area (Å²) in [4.78, 5) is 5.65. The topological polar surface area (TPSA) is 17.8 Å². The molecule has 2 atom stereocenters. The molecule has 4 rings (SSSR count). The summed E-state index contributed by atoms with van der Waals surface area (Å²) in [6, 6.07) is 0. The lowest BCUT2D eigenvalue weighted by molar-refractivity contribution is 0.120. The minimum absolute atomic E-state index is 0.220. The Kier molecular flexibility index (Phi) is 2.56. The van der Waals surface area contributed by atoms with Gasteiger partial charge in [0.15, 0.2) is 0 Å². The zero-order valence-electron chi connectivity index (χ0n) is 12.6. The van der Waals surface area contributed by atoms with Gasteiger partial charge in [-0.15, -0.1) is 0 Å². The first kappa shape index (κ1) is 13.0. The predicted octanol–water partition coefficient (Wildman–Crippen LogP) is 4.25. The SMILES string of the molecule is CC1(C)C2CCC1(Cn1ccnc1)C(=S)C21CCCC1. The number of rotatable bonds is 2. The van der Waals surface area contributed by atoms with Crippen LogP contribution in [0.5, 0.6) is 0 Å². The summed E-state index contributed by atoms with van der Waals surface area (Å²) in [5.41, 5.74) is 0.967. The van der Waals surface area contributed by atoms with E-state index in [1.54, 1.807) is 0 Å². The molecule has 0 aliphatic heterocycles. The van der Waals surface area contributed by atoms with Gasteiger partial charge in [-0.3, -0.25) is 0 Å². The Balaban J connectivity index is 1.80. The maximum absolute atomic E-state index is 6.14. The van der Waals surface area contributed by atoms with Crippen LogP contribution in [0.25, 0.3) is 0 Å². The first-order valence-electron chi connectivity index (χ1n) is 8.04. The van der Waals surface area contributed by atoms with Crippen molar-refractivity contribution in [2.75, 3.05) is 0 Å². The van der Waals surface area contributed by atoms with Gasteiger partial charge < -0.3 is 4.57 Å². The highest BCUT2D eigenvalue weighted by molar-refractivity contribution is 7.80. The highest BCUT2D eigenvalue weighted by Crippen LogP contribution is 2.74. The lowest BCUT2D eigenvalue weighted by atomic mass is 9.68. The van der Waals surface area contributed by atoms with Crippen LogP contribution in [0, 0.1) is 22.2 Å². The van der Waals surface area contributed by atoms with Crippen molar-refractivity contribution in [1.82, 2.24) is 9.55 Å². The van der Waals surface area contributed by atoms with E-state index >= 15 is 0 Å². The third-order valence-corrected chi connectivity index (χ3v) is 7.82. The summed E-state index contributed by atoms with van der Waals surface area (Å²) in [6.45, 7) is 6.01. The molecule has 0 saturated heterocycles. The van der Waals surface area contributed by atoms with E-state index in [2.05, 4.69) is 29.6 Å². The molecule has 1 aromatic rings. The Bertz CT molecular complexity index is 539. The standard InChI is InChI=1S/C17H24N2S/c1-15(2)13-5-8-17(15,11-19-10-9-18-12-19)14(20)16(13)6-3-4-7-16/h9-10,12-13H,3-8,11H2,1-2H3. The number of imidazole rings is 1. The minimum Gasteiger partial charge on any atom is -0.337 e. The van der Waals surface area contributed by atoms with Gasteiger partial charge in [0.05, 0.1) is 6.33 Å². The highest BCUT2D eigenvalue weighted by Gasteiger charge is 2.71. The molecule has 1 spiro atoms. The molecule has 0 radical (unpaired) electrons. The zero-order chi connectivity index (χ0) is 14.0. The largest absolute Gasteiger partial charge is 0.337 e. The van der Waals surface area contributed by atoms with E-state index in [9.17, 15) is 0 Å². The average Bonchev–Trinajstić information content (AvgIpc) is 3.12. The van der Waals surface area contributed by atoms with E-state index in [1.165, 1.54) is 43.4 Å². The van der Waals surface area contributed by atoms with Gasteiger partial charge in [-0.2, -0.15) is 0 Å². The summed E-state index contributed by atoms with van der Waals surface area (Å²) in [6.07, 6.45) is 14.1. The van der Waals surface area contributed by atoms with Crippen molar-refractivity contribution in [3.63, 3.8) is 0 Å². The van der Waals surface area contributed by atoms with Gasteiger partial charge in [-0.05, 0) is 37.0 Å². The molecule has 0 amide bonds. The molecule has 3 aliphatic carbocycles. The van der Waals surface area contributed by atoms with Gasteiger partial charge in [-0.1, -0.05) is 38.9 Å². The molecular formula is C17H24N2S. The first-order valence-corrected chi connectivity index (χ1v) is 8.44. The van der Waals surface area contributed by atoms with Gasteiger partial charge in [0.2, 0.25) is 0 Å². The number of hydrogen-bond acceptors (Lipinski definition) is 2. The van der Waals surface area contributed by atoms with Crippen LogP contribution in [-0.2, 0) is 6.54 Å². The Morgan fingerprint density at radius 3 is 2.70 bits per heavy atom. The van der Waals surface area contributed by atoms with Gasteiger partial charge in [0, 0.05) is 34.6 Å². The molecule has 2 unspecified atom stereocenters. The van der Waals surface area contributed by atoms with E-state index in [-0.39, 0.29) is 5.41 Å². The van der Waals surface area contributed by atoms with E-state index in [0.717, 1.165) is 12.5 Å². The molecule has 2 nitrogen and oxygen atoms in total. The van der Waals surface area contributed by atoms with Crippen LogP contribution in [0.2, 0.25) is 0 Å². The molecule has 3 fully saturated rings. The van der Waals surface area contributed by atoms with E-state index in [4.69, 9.17) is 12.2 Å². The Morgan fingerprint density at radius 1 is 1.30 bits per heavy atom. The van der Waals surface area contributed by atoms with Crippen LogP contribution in [0.15, 0.2) is 18.7 Å². The molecule has 3 heteroatoms. The average molecular weight is 288 g/mol. The molecule has 2 bridgehead atoms. The second-order valence-electron chi connectivity index (χ2n) is 7.82.